The normalized spacial score (nSPS) is 10.1. The summed E-state index contributed by atoms with van der Waals surface area (Å²) in [6.45, 7) is 2.30. The molecule has 0 aliphatic heterocycles. The van der Waals surface area contributed by atoms with E-state index in [1.807, 2.05) is 19.1 Å². The summed E-state index contributed by atoms with van der Waals surface area (Å²) in [6.07, 6.45) is 3.20. The summed E-state index contributed by atoms with van der Waals surface area (Å²) in [6, 6.07) is 7.19. The molecule has 1 N–H and O–H groups in total. The number of hydrogen-bond acceptors (Lipinski definition) is 3. The predicted molar refractivity (Wildman–Crippen MR) is 58.9 cm³/mol. The van der Waals surface area contributed by atoms with Crippen LogP contribution in [0.1, 0.15) is 21.8 Å². The number of carbonyl (C=O) groups excluding carboxylic acids is 1. The molecule has 0 saturated heterocycles. The average Bonchev–Trinajstić information content (AvgIpc) is 2.78. The van der Waals surface area contributed by atoms with Crippen LogP contribution in [-0.2, 0) is 6.54 Å². The summed E-state index contributed by atoms with van der Waals surface area (Å²) >= 11 is 0. The lowest BCUT2D eigenvalue weighted by molar-refractivity contribution is 0.0943. The highest BCUT2D eigenvalue weighted by Crippen LogP contribution is 2.02. The average molecular weight is 216 g/mol. The highest BCUT2D eigenvalue weighted by molar-refractivity contribution is 5.92. The second-order valence-electron chi connectivity index (χ2n) is 3.48. The fourth-order valence-electron chi connectivity index (χ4n) is 1.33. The van der Waals surface area contributed by atoms with Crippen molar-refractivity contribution in [3.05, 3.63) is 53.7 Å². The first kappa shape index (κ1) is 10.4. The van der Waals surface area contributed by atoms with Crippen molar-refractivity contribution in [2.45, 2.75) is 13.5 Å². The smallest absolute Gasteiger partial charge is 0.270 e. The molecule has 1 amide bonds. The third kappa shape index (κ3) is 2.48. The van der Waals surface area contributed by atoms with E-state index in [0.717, 1.165) is 11.3 Å². The monoisotopic (exact) mass is 216 g/mol. The summed E-state index contributed by atoms with van der Waals surface area (Å²) in [7, 11) is 0. The second-order valence-corrected chi connectivity index (χ2v) is 3.48. The van der Waals surface area contributed by atoms with E-state index in [0.29, 0.717) is 12.2 Å². The molecule has 0 saturated carbocycles. The van der Waals surface area contributed by atoms with Crippen molar-refractivity contribution in [3.63, 3.8) is 0 Å². The number of pyridine rings is 1. The van der Waals surface area contributed by atoms with Crippen LogP contribution in [0.15, 0.2) is 41.1 Å². The predicted octanol–water partition coefficient (Wildman–Crippen LogP) is 1.91. The van der Waals surface area contributed by atoms with Crippen LogP contribution in [0.3, 0.4) is 0 Å². The second kappa shape index (κ2) is 4.61. The molecule has 16 heavy (non-hydrogen) atoms. The first-order valence-electron chi connectivity index (χ1n) is 4.99. The topological polar surface area (TPSA) is 55.1 Å². The molecule has 0 bridgehead atoms. The van der Waals surface area contributed by atoms with Crippen LogP contribution in [0.5, 0.6) is 0 Å². The molecule has 2 aromatic heterocycles. The molecular weight excluding hydrogens is 204 g/mol. The Kier molecular flexibility index (Phi) is 3.00. The van der Waals surface area contributed by atoms with Gasteiger partial charge in [0.2, 0.25) is 0 Å². The number of carbonyl (C=O) groups is 1. The summed E-state index contributed by atoms with van der Waals surface area (Å²) in [4.78, 5) is 15.7. The Morgan fingerprint density at radius 2 is 2.38 bits per heavy atom. The number of nitrogens with zero attached hydrogens (tertiary/aromatic N) is 1. The van der Waals surface area contributed by atoms with E-state index in [9.17, 15) is 4.79 Å². The highest BCUT2D eigenvalue weighted by atomic mass is 16.3. The Balaban J connectivity index is 1.98. The Morgan fingerprint density at radius 1 is 1.50 bits per heavy atom. The minimum Gasteiger partial charge on any atom is -0.467 e. The molecule has 0 fully saturated rings. The van der Waals surface area contributed by atoms with Crippen LogP contribution in [0.4, 0.5) is 0 Å². The molecule has 0 unspecified atom stereocenters. The highest BCUT2D eigenvalue weighted by Gasteiger charge is 2.07. The number of amides is 1. The lowest BCUT2D eigenvalue weighted by atomic mass is 10.2. The van der Waals surface area contributed by atoms with Gasteiger partial charge in [-0.15, -0.1) is 0 Å². The van der Waals surface area contributed by atoms with Gasteiger partial charge in [-0.2, -0.15) is 0 Å². The van der Waals surface area contributed by atoms with Crippen molar-refractivity contribution >= 4 is 5.91 Å². The van der Waals surface area contributed by atoms with E-state index in [-0.39, 0.29) is 5.91 Å². The first-order chi connectivity index (χ1) is 7.75. The minimum atomic E-state index is -0.194. The number of hydrogen-bond donors (Lipinski definition) is 1. The van der Waals surface area contributed by atoms with Gasteiger partial charge in [0.1, 0.15) is 11.5 Å². The van der Waals surface area contributed by atoms with Crippen molar-refractivity contribution < 1.29 is 9.21 Å². The molecule has 82 valence electrons. The molecule has 4 nitrogen and oxygen atoms in total. The van der Waals surface area contributed by atoms with Crippen LogP contribution in [0.25, 0.3) is 0 Å². The SMILES string of the molecule is Cc1ccnc(C(=O)NCc2ccco2)c1. The molecule has 0 aromatic carbocycles. The van der Waals surface area contributed by atoms with Gasteiger partial charge in [-0.3, -0.25) is 9.78 Å². The van der Waals surface area contributed by atoms with Crippen molar-refractivity contribution in [2.75, 3.05) is 0 Å². The van der Waals surface area contributed by atoms with Gasteiger partial charge in [0.15, 0.2) is 0 Å². The quantitative estimate of drug-likeness (QED) is 0.852. The van der Waals surface area contributed by atoms with Crippen molar-refractivity contribution in [1.82, 2.24) is 10.3 Å². The lowest BCUT2D eigenvalue weighted by Gasteiger charge is -2.02. The third-order valence-corrected chi connectivity index (χ3v) is 2.15. The van der Waals surface area contributed by atoms with E-state index < -0.39 is 0 Å². The van der Waals surface area contributed by atoms with Crippen LogP contribution in [-0.4, -0.2) is 10.9 Å². The summed E-state index contributed by atoms with van der Waals surface area (Å²) < 4.78 is 5.11. The molecule has 0 atom stereocenters. The molecule has 0 aliphatic carbocycles. The zero-order chi connectivity index (χ0) is 11.4. The molecule has 4 heteroatoms. The molecule has 2 aromatic rings. The Hall–Kier alpha value is -2.10. The lowest BCUT2D eigenvalue weighted by Crippen LogP contribution is -2.23. The summed E-state index contributed by atoms with van der Waals surface area (Å²) in [5, 5.41) is 2.73. The molecule has 0 aliphatic rings. The van der Waals surface area contributed by atoms with E-state index in [2.05, 4.69) is 10.3 Å². The van der Waals surface area contributed by atoms with E-state index in [1.54, 1.807) is 24.6 Å². The maximum Gasteiger partial charge on any atom is 0.270 e. The van der Waals surface area contributed by atoms with Crippen molar-refractivity contribution in [2.24, 2.45) is 0 Å². The first-order valence-corrected chi connectivity index (χ1v) is 4.99. The van der Waals surface area contributed by atoms with Gasteiger partial charge in [-0.05, 0) is 36.8 Å². The van der Waals surface area contributed by atoms with Gasteiger partial charge >= 0.3 is 0 Å². The van der Waals surface area contributed by atoms with Gasteiger partial charge in [-0.25, -0.2) is 0 Å². The van der Waals surface area contributed by atoms with Crippen molar-refractivity contribution in [1.29, 1.82) is 0 Å². The van der Waals surface area contributed by atoms with Gasteiger partial charge in [0.25, 0.3) is 5.91 Å². The summed E-state index contributed by atoms with van der Waals surface area (Å²) in [5.74, 6) is 0.529. The van der Waals surface area contributed by atoms with Gasteiger partial charge in [-0.1, -0.05) is 0 Å². The van der Waals surface area contributed by atoms with Crippen LogP contribution in [0.2, 0.25) is 0 Å². The molecular formula is C12H12N2O2. The molecule has 0 spiro atoms. The van der Waals surface area contributed by atoms with E-state index in [1.165, 1.54) is 0 Å². The Bertz CT molecular complexity index is 478. The fraction of sp³-hybridized carbons (Fsp3) is 0.167. The number of furan rings is 1. The Labute approximate surface area is 93.3 Å². The zero-order valence-corrected chi connectivity index (χ0v) is 8.93. The van der Waals surface area contributed by atoms with Gasteiger partial charge in [0, 0.05) is 6.20 Å². The maximum absolute atomic E-state index is 11.7. The standard InChI is InChI=1S/C12H12N2O2/c1-9-4-5-13-11(7-9)12(15)14-8-10-3-2-6-16-10/h2-7H,8H2,1H3,(H,14,15). The van der Waals surface area contributed by atoms with Crippen LogP contribution >= 0.6 is 0 Å². The van der Waals surface area contributed by atoms with E-state index >= 15 is 0 Å². The molecule has 2 rings (SSSR count). The number of nitrogens with one attached hydrogen (secondary N) is 1. The Morgan fingerprint density at radius 3 is 3.06 bits per heavy atom. The number of aromatic nitrogens is 1. The number of rotatable bonds is 3. The summed E-state index contributed by atoms with van der Waals surface area (Å²) in [5.41, 5.74) is 1.43. The fourth-order valence-corrected chi connectivity index (χ4v) is 1.33. The molecule has 2 heterocycles. The maximum atomic E-state index is 11.7. The van der Waals surface area contributed by atoms with Gasteiger partial charge in [0.05, 0.1) is 12.8 Å². The third-order valence-electron chi connectivity index (χ3n) is 2.15. The largest absolute Gasteiger partial charge is 0.467 e. The van der Waals surface area contributed by atoms with Crippen LogP contribution in [0, 0.1) is 6.92 Å². The molecule has 0 radical (unpaired) electrons. The van der Waals surface area contributed by atoms with Crippen LogP contribution < -0.4 is 5.32 Å². The van der Waals surface area contributed by atoms with Crippen molar-refractivity contribution in [3.8, 4) is 0 Å². The zero-order valence-electron chi connectivity index (χ0n) is 8.93. The van der Waals surface area contributed by atoms with E-state index in [4.69, 9.17) is 4.42 Å². The number of aryl methyl sites for hydroxylation is 1. The van der Waals surface area contributed by atoms with Gasteiger partial charge < -0.3 is 9.73 Å². The minimum absolute atomic E-state index is 0.194.